The van der Waals surface area contributed by atoms with E-state index in [0.29, 0.717) is 6.54 Å². The Morgan fingerprint density at radius 1 is 1.36 bits per heavy atom. The maximum atomic E-state index is 12.7. The average molecular weight is 297 g/mol. The van der Waals surface area contributed by atoms with Gasteiger partial charge in [0.2, 0.25) is 5.91 Å². The first-order valence-electron chi connectivity index (χ1n) is 8.00. The quantitative estimate of drug-likeness (QED) is 0.870. The molecule has 1 heterocycles. The van der Waals surface area contributed by atoms with Gasteiger partial charge in [0.25, 0.3) is 0 Å². The van der Waals surface area contributed by atoms with Crippen molar-refractivity contribution < 1.29 is 4.79 Å². The molecule has 1 aliphatic carbocycles. The second kappa shape index (κ2) is 6.34. The van der Waals surface area contributed by atoms with Crippen LogP contribution in [-0.4, -0.2) is 27.4 Å². The Labute approximate surface area is 131 Å². The summed E-state index contributed by atoms with van der Waals surface area (Å²) in [5, 5.41) is 0. The molecule has 0 unspecified atom stereocenters. The molecule has 1 aliphatic rings. The maximum absolute atomic E-state index is 12.7. The zero-order chi connectivity index (χ0) is 15.5. The van der Waals surface area contributed by atoms with E-state index in [1.807, 2.05) is 18.1 Å². The Morgan fingerprint density at radius 3 is 2.91 bits per heavy atom. The van der Waals surface area contributed by atoms with E-state index in [1.165, 1.54) is 11.1 Å². The lowest BCUT2D eigenvalue weighted by atomic mass is 9.83. The van der Waals surface area contributed by atoms with Gasteiger partial charge < -0.3 is 9.47 Å². The maximum Gasteiger partial charge on any atom is 0.226 e. The van der Waals surface area contributed by atoms with E-state index >= 15 is 0 Å². The van der Waals surface area contributed by atoms with Crippen molar-refractivity contribution in [1.82, 2.24) is 14.5 Å². The minimum atomic E-state index is 0.102. The zero-order valence-electron chi connectivity index (χ0n) is 13.3. The van der Waals surface area contributed by atoms with Crippen molar-refractivity contribution in [1.29, 1.82) is 0 Å². The summed E-state index contributed by atoms with van der Waals surface area (Å²) in [6, 6.07) is 8.47. The molecule has 0 fully saturated rings. The number of hydrogen-bond donors (Lipinski definition) is 0. The lowest BCUT2D eigenvalue weighted by Crippen LogP contribution is -2.36. The van der Waals surface area contributed by atoms with E-state index in [2.05, 4.69) is 40.7 Å². The Bertz CT molecular complexity index is 662. The summed E-state index contributed by atoms with van der Waals surface area (Å²) in [5.41, 5.74) is 2.73. The minimum absolute atomic E-state index is 0.102. The number of carbonyl (C=O) groups excluding carboxylic acids is 1. The van der Waals surface area contributed by atoms with Crippen molar-refractivity contribution in [3.63, 3.8) is 0 Å². The highest BCUT2D eigenvalue weighted by molar-refractivity contribution is 5.79. The second-order valence-electron chi connectivity index (χ2n) is 6.03. The van der Waals surface area contributed by atoms with Crippen molar-refractivity contribution in [2.45, 2.75) is 39.3 Å². The third kappa shape index (κ3) is 2.91. The van der Waals surface area contributed by atoms with Gasteiger partial charge in [0.05, 0.1) is 6.54 Å². The van der Waals surface area contributed by atoms with E-state index in [4.69, 9.17) is 0 Å². The SMILES string of the molecule is CCn1ccnc1CN(C)C(=O)[C@H]1CCc2ccccc2C1. The van der Waals surface area contributed by atoms with Crippen LogP contribution in [0.2, 0.25) is 0 Å². The molecule has 1 atom stereocenters. The van der Waals surface area contributed by atoms with Crippen LogP contribution in [0.5, 0.6) is 0 Å². The topological polar surface area (TPSA) is 38.1 Å². The fourth-order valence-corrected chi connectivity index (χ4v) is 3.29. The smallest absolute Gasteiger partial charge is 0.226 e. The van der Waals surface area contributed by atoms with Gasteiger partial charge >= 0.3 is 0 Å². The summed E-state index contributed by atoms with van der Waals surface area (Å²) in [6.07, 6.45) is 6.58. The van der Waals surface area contributed by atoms with Gasteiger partial charge in [-0.05, 0) is 37.3 Å². The summed E-state index contributed by atoms with van der Waals surface area (Å²) >= 11 is 0. The second-order valence-corrected chi connectivity index (χ2v) is 6.03. The molecule has 22 heavy (non-hydrogen) atoms. The van der Waals surface area contributed by atoms with Crippen LogP contribution in [0, 0.1) is 5.92 Å². The molecule has 4 heteroatoms. The monoisotopic (exact) mass is 297 g/mol. The molecule has 2 aromatic rings. The Hall–Kier alpha value is -2.10. The highest BCUT2D eigenvalue weighted by atomic mass is 16.2. The highest BCUT2D eigenvalue weighted by Gasteiger charge is 2.27. The molecule has 4 nitrogen and oxygen atoms in total. The molecule has 0 saturated carbocycles. The van der Waals surface area contributed by atoms with Gasteiger partial charge in [-0.3, -0.25) is 4.79 Å². The molecular weight excluding hydrogens is 274 g/mol. The summed E-state index contributed by atoms with van der Waals surface area (Å²) in [6.45, 7) is 3.55. The summed E-state index contributed by atoms with van der Waals surface area (Å²) in [7, 11) is 1.89. The van der Waals surface area contributed by atoms with Crippen molar-refractivity contribution in [2.24, 2.45) is 5.92 Å². The van der Waals surface area contributed by atoms with Crippen LogP contribution in [0.1, 0.15) is 30.3 Å². The van der Waals surface area contributed by atoms with Crippen LogP contribution < -0.4 is 0 Å². The third-order valence-electron chi connectivity index (χ3n) is 4.59. The van der Waals surface area contributed by atoms with Crippen molar-refractivity contribution in [3.05, 3.63) is 53.6 Å². The molecular formula is C18H23N3O. The van der Waals surface area contributed by atoms with Gasteiger partial charge in [0.15, 0.2) is 0 Å². The molecule has 1 aromatic heterocycles. The number of benzene rings is 1. The largest absolute Gasteiger partial charge is 0.338 e. The number of fused-ring (bicyclic) bond motifs is 1. The number of carbonyl (C=O) groups is 1. The molecule has 0 aliphatic heterocycles. The number of hydrogen-bond acceptors (Lipinski definition) is 2. The van der Waals surface area contributed by atoms with Gasteiger partial charge in [0, 0.05) is 31.9 Å². The molecule has 0 bridgehead atoms. The molecule has 0 radical (unpaired) electrons. The molecule has 116 valence electrons. The summed E-state index contributed by atoms with van der Waals surface area (Å²) in [4.78, 5) is 18.9. The predicted molar refractivity (Wildman–Crippen MR) is 86.3 cm³/mol. The fourth-order valence-electron chi connectivity index (χ4n) is 3.29. The Morgan fingerprint density at radius 2 is 2.14 bits per heavy atom. The van der Waals surface area contributed by atoms with Gasteiger partial charge in [-0.1, -0.05) is 24.3 Å². The van der Waals surface area contributed by atoms with E-state index in [9.17, 15) is 4.79 Å². The lowest BCUT2D eigenvalue weighted by Gasteiger charge is -2.28. The molecule has 3 rings (SSSR count). The minimum Gasteiger partial charge on any atom is -0.338 e. The van der Waals surface area contributed by atoms with E-state index < -0.39 is 0 Å². The molecule has 1 aromatic carbocycles. The Balaban J connectivity index is 1.67. The summed E-state index contributed by atoms with van der Waals surface area (Å²) < 4.78 is 2.08. The van der Waals surface area contributed by atoms with Crippen LogP contribution >= 0.6 is 0 Å². The van der Waals surface area contributed by atoms with Gasteiger partial charge in [-0.25, -0.2) is 4.98 Å². The van der Waals surface area contributed by atoms with E-state index in [-0.39, 0.29) is 11.8 Å². The van der Waals surface area contributed by atoms with Crippen LogP contribution in [0.4, 0.5) is 0 Å². The first-order chi connectivity index (χ1) is 10.7. The molecule has 0 saturated heterocycles. The van der Waals surface area contributed by atoms with Crippen LogP contribution in [-0.2, 0) is 30.7 Å². The van der Waals surface area contributed by atoms with E-state index in [1.54, 1.807) is 6.20 Å². The fraction of sp³-hybridized carbons (Fsp3) is 0.444. The zero-order valence-corrected chi connectivity index (χ0v) is 13.3. The van der Waals surface area contributed by atoms with Gasteiger partial charge in [0.1, 0.15) is 5.82 Å². The van der Waals surface area contributed by atoms with Crippen molar-refractivity contribution >= 4 is 5.91 Å². The predicted octanol–water partition coefficient (Wildman–Crippen LogP) is 2.67. The number of aryl methyl sites for hydroxylation is 2. The highest BCUT2D eigenvalue weighted by Crippen LogP contribution is 2.26. The number of amides is 1. The van der Waals surface area contributed by atoms with Crippen molar-refractivity contribution in [3.8, 4) is 0 Å². The normalized spacial score (nSPS) is 17.1. The van der Waals surface area contributed by atoms with E-state index in [0.717, 1.165) is 31.6 Å². The van der Waals surface area contributed by atoms with Crippen LogP contribution in [0.25, 0.3) is 0 Å². The first-order valence-corrected chi connectivity index (χ1v) is 8.00. The third-order valence-corrected chi connectivity index (χ3v) is 4.59. The Kier molecular flexibility index (Phi) is 4.27. The first kappa shape index (κ1) is 14.8. The average Bonchev–Trinajstić information content (AvgIpc) is 3.00. The van der Waals surface area contributed by atoms with Crippen LogP contribution in [0.15, 0.2) is 36.7 Å². The molecule has 0 spiro atoms. The lowest BCUT2D eigenvalue weighted by molar-refractivity contribution is -0.135. The molecule has 1 amide bonds. The number of nitrogens with zero attached hydrogens (tertiary/aromatic N) is 3. The van der Waals surface area contributed by atoms with Crippen molar-refractivity contribution in [2.75, 3.05) is 7.05 Å². The number of aromatic nitrogens is 2. The number of imidazole rings is 1. The van der Waals surface area contributed by atoms with Gasteiger partial charge in [-0.2, -0.15) is 0 Å². The standard InChI is InChI=1S/C18H23N3O/c1-3-21-11-10-19-17(21)13-20(2)18(22)16-9-8-14-6-4-5-7-15(14)12-16/h4-7,10-11,16H,3,8-9,12-13H2,1-2H3/t16-/m0/s1. The van der Waals surface area contributed by atoms with Crippen LogP contribution in [0.3, 0.4) is 0 Å². The summed E-state index contributed by atoms with van der Waals surface area (Å²) in [5.74, 6) is 1.29. The molecule has 0 N–H and O–H groups in total. The van der Waals surface area contributed by atoms with Gasteiger partial charge in [-0.15, -0.1) is 0 Å². The number of rotatable bonds is 4.